The number of hydrogen-bond donors (Lipinski definition) is 1. The van der Waals surface area contributed by atoms with Gasteiger partial charge in [0.25, 0.3) is 5.69 Å². The molecule has 0 saturated carbocycles. The summed E-state index contributed by atoms with van der Waals surface area (Å²) < 4.78 is 38.2. The van der Waals surface area contributed by atoms with Crippen LogP contribution in [0.15, 0.2) is 36.7 Å². The van der Waals surface area contributed by atoms with E-state index in [1.54, 1.807) is 0 Å². The molecular formula is C13H7F3N4O2. The van der Waals surface area contributed by atoms with Crippen molar-refractivity contribution in [3.8, 4) is 11.3 Å². The minimum atomic E-state index is -4.53. The van der Waals surface area contributed by atoms with Gasteiger partial charge in [0.05, 0.1) is 16.0 Å². The maximum atomic E-state index is 12.7. The van der Waals surface area contributed by atoms with Gasteiger partial charge in [-0.15, -0.1) is 0 Å². The Kier molecular flexibility index (Phi) is 3.05. The van der Waals surface area contributed by atoms with Gasteiger partial charge in [0.1, 0.15) is 5.69 Å². The van der Waals surface area contributed by atoms with E-state index in [9.17, 15) is 23.3 Å². The number of aromatic amines is 1. The lowest BCUT2D eigenvalue weighted by molar-refractivity contribution is -0.384. The minimum Gasteiger partial charge on any atom is -0.277 e. The molecule has 1 N–H and O–H groups in total. The summed E-state index contributed by atoms with van der Waals surface area (Å²) in [6.07, 6.45) is -2.59. The third-order valence-corrected chi connectivity index (χ3v) is 3.10. The maximum Gasteiger partial charge on any atom is 0.417 e. The van der Waals surface area contributed by atoms with Gasteiger partial charge >= 0.3 is 6.18 Å². The van der Waals surface area contributed by atoms with Crippen LogP contribution >= 0.6 is 0 Å². The molecule has 0 saturated heterocycles. The van der Waals surface area contributed by atoms with E-state index in [0.717, 1.165) is 6.07 Å². The molecule has 3 rings (SSSR count). The van der Waals surface area contributed by atoms with Crippen molar-refractivity contribution < 1.29 is 18.1 Å². The van der Waals surface area contributed by atoms with Crippen LogP contribution in [0.4, 0.5) is 18.9 Å². The molecule has 2 aromatic heterocycles. The highest BCUT2D eigenvalue weighted by atomic mass is 19.4. The van der Waals surface area contributed by atoms with Gasteiger partial charge in [-0.05, 0) is 12.1 Å². The van der Waals surface area contributed by atoms with Gasteiger partial charge in [-0.3, -0.25) is 20.2 Å². The van der Waals surface area contributed by atoms with Crippen LogP contribution in [-0.4, -0.2) is 20.1 Å². The molecule has 22 heavy (non-hydrogen) atoms. The fraction of sp³-hybridized carbons (Fsp3) is 0.0769. The number of nitrogens with zero attached hydrogens (tertiary/aromatic N) is 3. The Bertz CT molecular complexity index is 873. The highest BCUT2D eigenvalue weighted by Gasteiger charge is 2.31. The predicted octanol–water partition coefficient (Wildman–Crippen LogP) is 3.55. The highest BCUT2D eigenvalue weighted by Crippen LogP contribution is 2.33. The van der Waals surface area contributed by atoms with Crippen LogP contribution in [0, 0.1) is 10.1 Å². The molecule has 2 heterocycles. The average molecular weight is 308 g/mol. The summed E-state index contributed by atoms with van der Waals surface area (Å²) in [5.74, 6) is 0. The quantitative estimate of drug-likeness (QED) is 0.579. The van der Waals surface area contributed by atoms with Gasteiger partial charge in [0, 0.05) is 35.5 Å². The molecule has 0 aliphatic heterocycles. The monoisotopic (exact) mass is 308 g/mol. The first-order chi connectivity index (χ1) is 10.4. The number of fused-ring (bicyclic) bond motifs is 1. The van der Waals surface area contributed by atoms with Crippen molar-refractivity contribution in [2.24, 2.45) is 0 Å². The standard InChI is InChI=1S/C13H7F3N4O2/c14-13(15,16)8-3-7(5-17-6-8)12-10-4-9(20(21)22)1-2-11(10)18-19-12/h1-6H,(H,18,19). The van der Waals surface area contributed by atoms with Crippen molar-refractivity contribution in [3.05, 3.63) is 52.3 Å². The normalized spacial score (nSPS) is 11.8. The van der Waals surface area contributed by atoms with E-state index in [-0.39, 0.29) is 16.9 Å². The molecule has 9 heteroatoms. The largest absolute Gasteiger partial charge is 0.417 e. The topological polar surface area (TPSA) is 84.7 Å². The number of nitro groups is 1. The zero-order chi connectivity index (χ0) is 15.9. The Balaban J connectivity index is 2.18. The number of alkyl halides is 3. The van der Waals surface area contributed by atoms with Crippen molar-refractivity contribution in [3.63, 3.8) is 0 Å². The minimum absolute atomic E-state index is 0.126. The lowest BCUT2D eigenvalue weighted by Crippen LogP contribution is -2.05. The second-order valence-electron chi connectivity index (χ2n) is 4.52. The Labute approximate surface area is 120 Å². The second kappa shape index (κ2) is 4.79. The predicted molar refractivity (Wildman–Crippen MR) is 71.0 cm³/mol. The summed E-state index contributed by atoms with van der Waals surface area (Å²) >= 11 is 0. The van der Waals surface area contributed by atoms with E-state index in [4.69, 9.17) is 0 Å². The van der Waals surface area contributed by atoms with Crippen LogP contribution < -0.4 is 0 Å². The number of aromatic nitrogens is 3. The van der Waals surface area contributed by atoms with E-state index in [1.165, 1.54) is 24.4 Å². The molecule has 0 bridgehead atoms. The Morgan fingerprint density at radius 3 is 2.64 bits per heavy atom. The molecule has 112 valence electrons. The molecule has 0 atom stereocenters. The lowest BCUT2D eigenvalue weighted by atomic mass is 10.1. The fourth-order valence-corrected chi connectivity index (χ4v) is 2.06. The smallest absolute Gasteiger partial charge is 0.277 e. The van der Waals surface area contributed by atoms with Crippen molar-refractivity contribution in [1.29, 1.82) is 0 Å². The Morgan fingerprint density at radius 1 is 1.18 bits per heavy atom. The van der Waals surface area contributed by atoms with Gasteiger partial charge in [0.15, 0.2) is 0 Å². The van der Waals surface area contributed by atoms with Gasteiger partial charge in [0.2, 0.25) is 0 Å². The molecule has 0 amide bonds. The molecule has 1 aromatic carbocycles. The first-order valence-corrected chi connectivity index (χ1v) is 6.01. The molecular weight excluding hydrogens is 301 g/mol. The Hall–Kier alpha value is -2.97. The molecule has 0 aliphatic carbocycles. The highest BCUT2D eigenvalue weighted by molar-refractivity contribution is 5.94. The summed E-state index contributed by atoms with van der Waals surface area (Å²) in [7, 11) is 0. The van der Waals surface area contributed by atoms with Gasteiger partial charge < -0.3 is 0 Å². The maximum absolute atomic E-state index is 12.7. The van der Waals surface area contributed by atoms with Crippen LogP contribution in [0.3, 0.4) is 0 Å². The SMILES string of the molecule is O=[N+]([O-])c1ccc2[nH]nc(-c3cncc(C(F)(F)F)c3)c2c1. The van der Waals surface area contributed by atoms with Crippen LogP contribution in [0.2, 0.25) is 0 Å². The van der Waals surface area contributed by atoms with E-state index in [2.05, 4.69) is 15.2 Å². The summed E-state index contributed by atoms with van der Waals surface area (Å²) in [5, 5.41) is 17.7. The van der Waals surface area contributed by atoms with Gasteiger partial charge in [-0.1, -0.05) is 0 Å². The molecule has 3 aromatic rings. The van der Waals surface area contributed by atoms with Crippen molar-refractivity contribution in [1.82, 2.24) is 15.2 Å². The van der Waals surface area contributed by atoms with Crippen molar-refractivity contribution in [2.75, 3.05) is 0 Å². The number of pyridine rings is 1. The van der Waals surface area contributed by atoms with Crippen LogP contribution in [-0.2, 0) is 6.18 Å². The van der Waals surface area contributed by atoms with Crippen molar-refractivity contribution >= 4 is 16.6 Å². The van der Waals surface area contributed by atoms with Gasteiger partial charge in [-0.25, -0.2) is 0 Å². The number of non-ortho nitro benzene ring substituents is 1. The number of benzene rings is 1. The number of nitrogens with one attached hydrogen (secondary N) is 1. The second-order valence-corrected chi connectivity index (χ2v) is 4.52. The zero-order valence-electron chi connectivity index (χ0n) is 10.8. The summed E-state index contributed by atoms with van der Waals surface area (Å²) in [5.41, 5.74) is -0.293. The lowest BCUT2D eigenvalue weighted by Gasteiger charge is -2.06. The summed E-state index contributed by atoms with van der Waals surface area (Å²) in [6, 6.07) is 4.90. The fourth-order valence-electron chi connectivity index (χ4n) is 2.06. The van der Waals surface area contributed by atoms with Crippen LogP contribution in [0.25, 0.3) is 22.2 Å². The average Bonchev–Trinajstić information content (AvgIpc) is 2.89. The Morgan fingerprint density at radius 2 is 1.95 bits per heavy atom. The van der Waals surface area contributed by atoms with E-state index in [0.29, 0.717) is 17.1 Å². The molecule has 0 fully saturated rings. The third-order valence-electron chi connectivity index (χ3n) is 3.10. The first kappa shape index (κ1) is 14.0. The summed E-state index contributed by atoms with van der Waals surface area (Å²) in [4.78, 5) is 13.8. The molecule has 0 unspecified atom stereocenters. The molecule has 0 aliphatic rings. The number of H-pyrrole nitrogens is 1. The van der Waals surface area contributed by atoms with E-state index < -0.39 is 16.7 Å². The number of hydrogen-bond acceptors (Lipinski definition) is 4. The molecule has 0 radical (unpaired) electrons. The van der Waals surface area contributed by atoms with Crippen LogP contribution in [0.1, 0.15) is 5.56 Å². The zero-order valence-corrected chi connectivity index (χ0v) is 10.8. The first-order valence-electron chi connectivity index (χ1n) is 6.01. The number of halogens is 3. The number of rotatable bonds is 2. The summed E-state index contributed by atoms with van der Waals surface area (Å²) in [6.45, 7) is 0. The number of nitro benzene ring substituents is 1. The van der Waals surface area contributed by atoms with Crippen LogP contribution in [0.5, 0.6) is 0 Å². The molecule has 6 nitrogen and oxygen atoms in total. The van der Waals surface area contributed by atoms with Gasteiger partial charge in [-0.2, -0.15) is 18.3 Å². The van der Waals surface area contributed by atoms with E-state index >= 15 is 0 Å². The van der Waals surface area contributed by atoms with Crippen molar-refractivity contribution in [2.45, 2.75) is 6.18 Å². The van der Waals surface area contributed by atoms with E-state index in [1.807, 2.05) is 0 Å². The molecule has 0 spiro atoms. The third kappa shape index (κ3) is 2.36.